The number of aromatic nitrogens is 2. The van der Waals surface area contributed by atoms with Crippen LogP contribution in [0.15, 0.2) is 116 Å². The zero-order valence-electron chi connectivity index (χ0n) is 18.6. The van der Waals surface area contributed by atoms with E-state index in [2.05, 4.69) is 107 Å². The average molecular weight is 435 g/mol. The average Bonchev–Trinajstić information content (AvgIpc) is 3.43. The summed E-state index contributed by atoms with van der Waals surface area (Å²) in [5.74, 6) is 0. The second kappa shape index (κ2) is 7.57. The molecule has 0 aliphatic heterocycles. The lowest BCUT2D eigenvalue weighted by atomic mass is 10.0. The van der Waals surface area contributed by atoms with Gasteiger partial charge < -0.3 is 4.98 Å². The minimum absolute atomic E-state index is 1.08. The number of nitrogens with one attached hydrogen (secondary N) is 1. The maximum Gasteiger partial charge on any atom is 0.0471 e. The maximum absolute atomic E-state index is 4.17. The smallest absolute Gasteiger partial charge is 0.0471 e. The lowest BCUT2D eigenvalue weighted by molar-refractivity contribution is 1.27. The van der Waals surface area contributed by atoms with Gasteiger partial charge in [-0.1, -0.05) is 72.8 Å². The van der Waals surface area contributed by atoms with Crippen LogP contribution in [-0.4, -0.2) is 9.97 Å². The van der Waals surface area contributed by atoms with Crippen molar-refractivity contribution in [3.05, 3.63) is 127 Å². The van der Waals surface area contributed by atoms with E-state index in [4.69, 9.17) is 0 Å². The number of pyridine rings is 1. The van der Waals surface area contributed by atoms with Gasteiger partial charge in [-0.15, -0.1) is 0 Å². The molecule has 1 aliphatic carbocycles. The second-order valence-electron chi connectivity index (χ2n) is 8.98. The maximum atomic E-state index is 4.17. The topological polar surface area (TPSA) is 28.7 Å². The van der Waals surface area contributed by atoms with Crippen LogP contribution < -0.4 is 0 Å². The third-order valence-corrected chi connectivity index (χ3v) is 6.92. The number of hydrogen-bond acceptors (Lipinski definition) is 1. The Morgan fingerprint density at radius 3 is 2.24 bits per heavy atom. The highest BCUT2D eigenvalue weighted by Gasteiger charge is 2.17. The fourth-order valence-electron chi connectivity index (χ4n) is 5.26. The van der Waals surface area contributed by atoms with Crippen molar-refractivity contribution in [2.75, 3.05) is 0 Å². The van der Waals surface area contributed by atoms with Gasteiger partial charge in [-0.25, -0.2) is 0 Å². The molecule has 0 saturated carbocycles. The standard InChI is InChI=1S/C17H12.C15H10N2/c1-2-6-13-11-17-15(9-12(13)5-1)10-14-7-3-4-8-16(14)17;1-2-4-14-12(3-1)13-7-11-9-16-6-5-10(11)8-15(13)17-14/h1-9,11H,10H2;1-9,17H. The first-order valence-corrected chi connectivity index (χ1v) is 11.7. The van der Waals surface area contributed by atoms with E-state index in [1.165, 1.54) is 65.6 Å². The van der Waals surface area contributed by atoms with Crippen molar-refractivity contribution in [3.8, 4) is 11.1 Å². The summed E-state index contributed by atoms with van der Waals surface area (Å²) in [5, 5.41) is 7.63. The number of fused-ring (bicyclic) bond motifs is 8. The Labute approximate surface area is 197 Å². The molecule has 8 rings (SSSR count). The minimum Gasteiger partial charge on any atom is -0.354 e. The molecule has 34 heavy (non-hydrogen) atoms. The molecule has 2 nitrogen and oxygen atoms in total. The van der Waals surface area contributed by atoms with Gasteiger partial charge in [0.25, 0.3) is 0 Å². The Morgan fingerprint density at radius 2 is 1.29 bits per heavy atom. The van der Waals surface area contributed by atoms with Gasteiger partial charge in [0.15, 0.2) is 0 Å². The zero-order valence-corrected chi connectivity index (χ0v) is 18.6. The lowest BCUT2D eigenvalue weighted by Gasteiger charge is -2.03. The number of aromatic amines is 1. The van der Waals surface area contributed by atoms with E-state index in [-0.39, 0.29) is 0 Å². The first-order valence-electron chi connectivity index (χ1n) is 11.7. The molecule has 7 aromatic rings. The van der Waals surface area contributed by atoms with E-state index in [1.54, 1.807) is 0 Å². The van der Waals surface area contributed by atoms with Crippen LogP contribution >= 0.6 is 0 Å². The summed E-state index contributed by atoms with van der Waals surface area (Å²) in [5.41, 5.74) is 8.12. The van der Waals surface area contributed by atoms with Crippen LogP contribution in [0.25, 0.3) is 54.5 Å². The van der Waals surface area contributed by atoms with Gasteiger partial charge in [0.2, 0.25) is 0 Å². The molecule has 0 bridgehead atoms. The Kier molecular flexibility index (Phi) is 4.25. The van der Waals surface area contributed by atoms with E-state index in [1.807, 2.05) is 18.5 Å². The van der Waals surface area contributed by atoms with Crippen molar-refractivity contribution < 1.29 is 0 Å². The normalized spacial score (nSPS) is 12.0. The predicted molar refractivity (Wildman–Crippen MR) is 143 cm³/mol. The van der Waals surface area contributed by atoms with Crippen LogP contribution in [0, 0.1) is 0 Å². The number of rotatable bonds is 0. The van der Waals surface area contributed by atoms with Gasteiger partial charge >= 0.3 is 0 Å². The third kappa shape index (κ3) is 3.07. The van der Waals surface area contributed by atoms with E-state index >= 15 is 0 Å². The van der Waals surface area contributed by atoms with Crippen molar-refractivity contribution in [2.24, 2.45) is 0 Å². The molecule has 0 radical (unpaired) electrons. The SMILES string of the molecule is c1ccc2c(c1)Cc1cc3ccccc3cc1-2.c1ccc2c(c1)[nH]c1cc3ccncc3cc12. The molecule has 1 aliphatic rings. The van der Waals surface area contributed by atoms with Crippen molar-refractivity contribution in [1.82, 2.24) is 9.97 Å². The summed E-state index contributed by atoms with van der Waals surface area (Å²) in [7, 11) is 0. The highest BCUT2D eigenvalue weighted by atomic mass is 14.7. The van der Waals surface area contributed by atoms with Gasteiger partial charge in [0.1, 0.15) is 0 Å². The lowest BCUT2D eigenvalue weighted by Crippen LogP contribution is -1.81. The first-order chi connectivity index (χ1) is 16.8. The predicted octanol–water partition coefficient (Wildman–Crippen LogP) is 8.28. The fourth-order valence-corrected chi connectivity index (χ4v) is 5.26. The quantitative estimate of drug-likeness (QED) is 0.256. The molecule has 0 amide bonds. The highest BCUT2D eigenvalue weighted by Crippen LogP contribution is 2.38. The highest BCUT2D eigenvalue weighted by molar-refractivity contribution is 6.11. The van der Waals surface area contributed by atoms with E-state index in [0.717, 1.165) is 6.42 Å². The Morgan fingerprint density at radius 1 is 0.529 bits per heavy atom. The number of nitrogens with zero attached hydrogens (tertiary/aromatic N) is 1. The molecule has 1 N–H and O–H groups in total. The van der Waals surface area contributed by atoms with Crippen molar-refractivity contribution in [3.63, 3.8) is 0 Å². The summed E-state index contributed by atoms with van der Waals surface area (Å²) in [6, 6.07) is 36.8. The van der Waals surface area contributed by atoms with Crippen molar-refractivity contribution in [2.45, 2.75) is 6.42 Å². The van der Waals surface area contributed by atoms with Crippen LogP contribution in [0.1, 0.15) is 11.1 Å². The third-order valence-electron chi connectivity index (χ3n) is 6.92. The summed E-state index contributed by atoms with van der Waals surface area (Å²) in [4.78, 5) is 7.62. The van der Waals surface area contributed by atoms with Gasteiger partial charge in [0.05, 0.1) is 0 Å². The number of H-pyrrole nitrogens is 1. The van der Waals surface area contributed by atoms with Crippen molar-refractivity contribution >= 4 is 43.4 Å². The molecular formula is C32H22N2. The summed E-state index contributed by atoms with van der Waals surface area (Å²) < 4.78 is 0. The van der Waals surface area contributed by atoms with Gasteiger partial charge in [-0.2, -0.15) is 0 Å². The van der Waals surface area contributed by atoms with Crippen LogP contribution in [0.3, 0.4) is 0 Å². The first kappa shape index (κ1) is 19.1. The molecule has 160 valence electrons. The molecule has 0 unspecified atom stereocenters. The number of hydrogen-bond donors (Lipinski definition) is 1. The Hall–Kier alpha value is -4.43. The fraction of sp³-hybridized carbons (Fsp3) is 0.0312. The van der Waals surface area contributed by atoms with E-state index < -0.39 is 0 Å². The molecule has 2 heteroatoms. The molecule has 0 spiro atoms. The van der Waals surface area contributed by atoms with Crippen LogP contribution in [-0.2, 0) is 6.42 Å². The number of benzene rings is 5. The van der Waals surface area contributed by atoms with E-state index in [0.29, 0.717) is 0 Å². The van der Waals surface area contributed by atoms with Crippen LogP contribution in [0.4, 0.5) is 0 Å². The molecule has 0 saturated heterocycles. The van der Waals surface area contributed by atoms with Gasteiger partial charge in [-0.05, 0) is 75.2 Å². The second-order valence-corrected chi connectivity index (χ2v) is 8.98. The van der Waals surface area contributed by atoms with Crippen molar-refractivity contribution in [1.29, 1.82) is 0 Å². The summed E-state index contributed by atoms with van der Waals surface area (Å²) >= 11 is 0. The van der Waals surface area contributed by atoms with Crippen LogP contribution in [0.5, 0.6) is 0 Å². The molecule has 5 aromatic carbocycles. The van der Waals surface area contributed by atoms with Gasteiger partial charge in [-0.3, -0.25) is 4.98 Å². The number of para-hydroxylation sites is 1. The van der Waals surface area contributed by atoms with E-state index in [9.17, 15) is 0 Å². The minimum atomic E-state index is 1.08. The largest absolute Gasteiger partial charge is 0.354 e. The van der Waals surface area contributed by atoms with Gasteiger partial charge in [0, 0.05) is 39.6 Å². The molecular weight excluding hydrogens is 412 g/mol. The Balaban J connectivity index is 0.000000118. The monoisotopic (exact) mass is 434 g/mol. The molecule has 2 aromatic heterocycles. The van der Waals surface area contributed by atoms with Crippen LogP contribution in [0.2, 0.25) is 0 Å². The Bertz CT molecular complexity index is 1840. The molecule has 2 heterocycles. The molecule has 0 fully saturated rings. The summed E-state index contributed by atoms with van der Waals surface area (Å²) in [6.07, 6.45) is 4.82. The molecule has 0 atom stereocenters. The zero-order chi connectivity index (χ0) is 22.5. The summed E-state index contributed by atoms with van der Waals surface area (Å²) in [6.45, 7) is 0.